The van der Waals surface area contributed by atoms with Crippen LogP contribution in [0.25, 0.3) is 0 Å². The molecule has 0 amide bonds. The molecular formula is C12H10BrFN2O3. The van der Waals surface area contributed by atoms with Crippen molar-refractivity contribution in [2.24, 2.45) is 7.05 Å². The van der Waals surface area contributed by atoms with Gasteiger partial charge in [0, 0.05) is 7.05 Å². The van der Waals surface area contributed by atoms with Gasteiger partial charge in [0.15, 0.2) is 5.69 Å². The lowest BCUT2D eigenvalue weighted by molar-refractivity contribution is 0.0684. The topological polar surface area (TPSA) is 64.4 Å². The molecule has 100 valence electrons. The summed E-state index contributed by atoms with van der Waals surface area (Å²) in [5.74, 6) is -0.940. The molecule has 0 fully saturated rings. The largest absolute Gasteiger partial charge is 0.487 e. The van der Waals surface area contributed by atoms with Gasteiger partial charge in [-0.15, -0.1) is 0 Å². The summed E-state index contributed by atoms with van der Waals surface area (Å²) in [4.78, 5) is 11.0. The van der Waals surface area contributed by atoms with E-state index >= 15 is 0 Å². The maximum absolute atomic E-state index is 12.7. The van der Waals surface area contributed by atoms with Gasteiger partial charge in [0.1, 0.15) is 23.9 Å². The third-order valence-electron chi connectivity index (χ3n) is 2.45. The monoisotopic (exact) mass is 328 g/mol. The number of hydrogen-bond donors (Lipinski definition) is 1. The molecular weight excluding hydrogens is 319 g/mol. The van der Waals surface area contributed by atoms with E-state index in [2.05, 4.69) is 21.0 Å². The Morgan fingerprint density at radius 2 is 2.11 bits per heavy atom. The first-order valence-corrected chi connectivity index (χ1v) is 6.11. The molecule has 0 aliphatic heterocycles. The van der Waals surface area contributed by atoms with Crippen molar-refractivity contribution in [3.05, 3.63) is 45.9 Å². The van der Waals surface area contributed by atoms with Crippen LogP contribution in [0.1, 0.15) is 16.2 Å². The molecule has 1 heterocycles. The van der Waals surface area contributed by atoms with Crippen LogP contribution < -0.4 is 4.74 Å². The molecule has 0 bridgehead atoms. The van der Waals surface area contributed by atoms with Crippen molar-refractivity contribution in [3.8, 4) is 5.75 Å². The van der Waals surface area contributed by atoms with Gasteiger partial charge in [-0.1, -0.05) is 0 Å². The summed E-state index contributed by atoms with van der Waals surface area (Å²) >= 11 is 3.18. The van der Waals surface area contributed by atoms with Crippen molar-refractivity contribution in [1.29, 1.82) is 0 Å². The van der Waals surface area contributed by atoms with E-state index in [0.717, 1.165) is 0 Å². The number of aromatic nitrogens is 2. The molecule has 7 heteroatoms. The van der Waals surface area contributed by atoms with Crippen LogP contribution in [0.4, 0.5) is 4.39 Å². The SMILES string of the molecule is Cn1nc(COc2ccc(F)cc2)c(Br)c1C(=O)O. The molecule has 2 rings (SSSR count). The molecule has 0 radical (unpaired) electrons. The second-order valence-electron chi connectivity index (χ2n) is 3.78. The summed E-state index contributed by atoms with van der Waals surface area (Å²) in [6.45, 7) is 0.0906. The van der Waals surface area contributed by atoms with E-state index in [1.54, 1.807) is 0 Å². The van der Waals surface area contributed by atoms with E-state index < -0.39 is 5.97 Å². The molecule has 0 unspecified atom stereocenters. The lowest BCUT2D eigenvalue weighted by Crippen LogP contribution is -2.05. The van der Waals surface area contributed by atoms with Gasteiger partial charge >= 0.3 is 5.97 Å². The van der Waals surface area contributed by atoms with E-state index in [4.69, 9.17) is 9.84 Å². The van der Waals surface area contributed by atoms with Crippen LogP contribution in [-0.4, -0.2) is 20.9 Å². The highest BCUT2D eigenvalue weighted by Crippen LogP contribution is 2.22. The number of carboxylic acid groups (broad SMARTS) is 1. The molecule has 0 saturated heterocycles. The zero-order valence-electron chi connectivity index (χ0n) is 9.93. The average Bonchev–Trinajstić information content (AvgIpc) is 2.63. The first-order valence-electron chi connectivity index (χ1n) is 5.32. The van der Waals surface area contributed by atoms with E-state index in [0.29, 0.717) is 15.9 Å². The number of ether oxygens (including phenoxy) is 1. The smallest absolute Gasteiger partial charge is 0.355 e. The molecule has 0 saturated carbocycles. The lowest BCUT2D eigenvalue weighted by atomic mass is 10.3. The normalized spacial score (nSPS) is 10.5. The van der Waals surface area contributed by atoms with Crippen LogP contribution in [0.2, 0.25) is 0 Å². The summed E-state index contributed by atoms with van der Waals surface area (Å²) in [7, 11) is 1.54. The van der Waals surface area contributed by atoms with Crippen molar-refractivity contribution in [2.75, 3.05) is 0 Å². The van der Waals surface area contributed by atoms with Crippen LogP contribution in [0.5, 0.6) is 5.75 Å². The van der Waals surface area contributed by atoms with Crippen LogP contribution in [-0.2, 0) is 13.7 Å². The Morgan fingerprint density at radius 3 is 2.63 bits per heavy atom. The fourth-order valence-corrected chi connectivity index (χ4v) is 2.18. The van der Waals surface area contributed by atoms with Gasteiger partial charge in [0.25, 0.3) is 0 Å². The summed E-state index contributed by atoms with van der Waals surface area (Å²) < 4.78 is 19.8. The Morgan fingerprint density at radius 1 is 1.47 bits per heavy atom. The highest BCUT2D eigenvalue weighted by Gasteiger charge is 2.19. The molecule has 0 aliphatic rings. The van der Waals surface area contributed by atoms with Crippen LogP contribution >= 0.6 is 15.9 Å². The molecule has 0 aliphatic carbocycles. The van der Waals surface area contributed by atoms with Gasteiger partial charge in [-0.05, 0) is 40.2 Å². The number of hydrogen-bond acceptors (Lipinski definition) is 3. The van der Waals surface area contributed by atoms with E-state index in [-0.39, 0.29) is 18.1 Å². The minimum atomic E-state index is -1.07. The lowest BCUT2D eigenvalue weighted by Gasteiger charge is -2.03. The first-order chi connectivity index (χ1) is 8.99. The highest BCUT2D eigenvalue weighted by atomic mass is 79.9. The predicted octanol–water partition coefficient (Wildman–Crippen LogP) is 2.60. The van der Waals surface area contributed by atoms with E-state index in [1.165, 1.54) is 36.0 Å². The molecule has 1 N–H and O–H groups in total. The standard InChI is InChI=1S/C12H10BrFN2O3/c1-16-11(12(17)18)10(13)9(15-16)6-19-8-4-2-7(14)3-5-8/h2-5H,6H2,1H3,(H,17,18). The minimum Gasteiger partial charge on any atom is -0.487 e. The Bertz CT molecular complexity index is 610. The van der Waals surface area contributed by atoms with Gasteiger partial charge < -0.3 is 9.84 Å². The number of rotatable bonds is 4. The molecule has 1 aromatic carbocycles. The van der Waals surface area contributed by atoms with Crippen molar-refractivity contribution in [1.82, 2.24) is 9.78 Å². The summed E-state index contributed by atoms with van der Waals surface area (Å²) in [6.07, 6.45) is 0. The van der Waals surface area contributed by atoms with Crippen LogP contribution in [0.15, 0.2) is 28.7 Å². The number of halogens is 2. The second-order valence-corrected chi connectivity index (χ2v) is 4.57. The fraction of sp³-hybridized carbons (Fsp3) is 0.167. The third kappa shape index (κ3) is 2.93. The van der Waals surface area contributed by atoms with Crippen LogP contribution in [0, 0.1) is 5.82 Å². The van der Waals surface area contributed by atoms with Gasteiger partial charge in [-0.2, -0.15) is 5.10 Å². The Kier molecular flexibility index (Phi) is 3.84. The maximum Gasteiger partial charge on any atom is 0.355 e. The number of nitrogens with zero attached hydrogens (tertiary/aromatic N) is 2. The van der Waals surface area contributed by atoms with Gasteiger partial charge in [0.05, 0.1) is 4.47 Å². The van der Waals surface area contributed by atoms with Crippen LogP contribution in [0.3, 0.4) is 0 Å². The molecule has 5 nitrogen and oxygen atoms in total. The number of aromatic carboxylic acids is 1. The fourth-order valence-electron chi connectivity index (χ4n) is 1.56. The summed E-state index contributed by atoms with van der Waals surface area (Å²) in [5, 5.41) is 13.1. The second kappa shape index (κ2) is 5.40. The third-order valence-corrected chi connectivity index (χ3v) is 3.28. The summed E-state index contributed by atoms with van der Waals surface area (Å²) in [5.41, 5.74) is 0.516. The molecule has 1 aromatic heterocycles. The van der Waals surface area contributed by atoms with Gasteiger partial charge in [-0.3, -0.25) is 4.68 Å². The Labute approximate surface area is 116 Å². The minimum absolute atomic E-state index is 0.0534. The Hall–Kier alpha value is -1.89. The predicted molar refractivity (Wildman–Crippen MR) is 68.6 cm³/mol. The molecule has 0 atom stereocenters. The van der Waals surface area contributed by atoms with E-state index in [9.17, 15) is 9.18 Å². The molecule has 0 spiro atoms. The number of benzene rings is 1. The Balaban J connectivity index is 2.14. The zero-order valence-corrected chi connectivity index (χ0v) is 11.5. The zero-order chi connectivity index (χ0) is 14.0. The number of aryl methyl sites for hydroxylation is 1. The first kappa shape index (κ1) is 13.5. The van der Waals surface area contributed by atoms with E-state index in [1.807, 2.05) is 0 Å². The number of carbonyl (C=O) groups is 1. The van der Waals surface area contributed by atoms with Crippen molar-refractivity contribution < 1.29 is 19.0 Å². The molecule has 2 aromatic rings. The van der Waals surface area contributed by atoms with Crippen molar-refractivity contribution >= 4 is 21.9 Å². The van der Waals surface area contributed by atoms with Crippen molar-refractivity contribution in [2.45, 2.75) is 6.61 Å². The molecule has 19 heavy (non-hydrogen) atoms. The highest BCUT2D eigenvalue weighted by molar-refractivity contribution is 9.10. The van der Waals surface area contributed by atoms with Crippen molar-refractivity contribution in [3.63, 3.8) is 0 Å². The number of carboxylic acids is 1. The average molecular weight is 329 g/mol. The quantitative estimate of drug-likeness (QED) is 0.936. The van der Waals surface area contributed by atoms with Gasteiger partial charge in [-0.25, -0.2) is 9.18 Å². The van der Waals surface area contributed by atoms with Gasteiger partial charge in [0.2, 0.25) is 0 Å². The maximum atomic E-state index is 12.7. The summed E-state index contributed by atoms with van der Waals surface area (Å²) in [6, 6.07) is 5.55.